The van der Waals surface area contributed by atoms with Gasteiger partial charge >= 0.3 is 0 Å². The van der Waals surface area contributed by atoms with E-state index in [1.54, 1.807) is 0 Å². The second kappa shape index (κ2) is 7.46. The molecule has 1 fully saturated rings. The van der Waals surface area contributed by atoms with Gasteiger partial charge in [-0.1, -0.05) is 48.0 Å². The summed E-state index contributed by atoms with van der Waals surface area (Å²) in [6, 6.07) is 17.2. The predicted octanol–water partition coefficient (Wildman–Crippen LogP) is 4.07. The molecule has 0 atom stereocenters. The molecule has 134 valence electrons. The van der Waals surface area contributed by atoms with Crippen molar-refractivity contribution in [1.29, 1.82) is 0 Å². The van der Waals surface area contributed by atoms with Gasteiger partial charge in [-0.15, -0.1) is 0 Å². The second-order valence-electron chi connectivity index (χ2n) is 6.92. The summed E-state index contributed by atoms with van der Waals surface area (Å²) in [4.78, 5) is 9.62. The van der Waals surface area contributed by atoms with Gasteiger partial charge in [-0.2, -0.15) is 4.37 Å². The highest BCUT2D eigenvalue weighted by atomic mass is 32.1. The van der Waals surface area contributed by atoms with E-state index in [0.717, 1.165) is 43.6 Å². The van der Waals surface area contributed by atoms with E-state index in [9.17, 15) is 0 Å². The quantitative estimate of drug-likeness (QED) is 0.698. The Morgan fingerprint density at radius 3 is 2.31 bits per heavy atom. The lowest BCUT2D eigenvalue weighted by atomic mass is 10.1. The summed E-state index contributed by atoms with van der Waals surface area (Å²) in [6.45, 7) is 8.33. The van der Waals surface area contributed by atoms with Gasteiger partial charge in [0.15, 0.2) is 0 Å². The minimum atomic E-state index is 0.806. The molecule has 5 heteroatoms. The zero-order valence-corrected chi connectivity index (χ0v) is 16.2. The fraction of sp³-hybridized carbons (Fsp3) is 0.333. The van der Waals surface area contributed by atoms with E-state index >= 15 is 0 Å². The van der Waals surface area contributed by atoms with Crippen LogP contribution in [0.25, 0.3) is 0 Å². The zero-order chi connectivity index (χ0) is 17.9. The third-order valence-electron chi connectivity index (χ3n) is 4.95. The fourth-order valence-electron chi connectivity index (χ4n) is 3.39. The van der Waals surface area contributed by atoms with E-state index in [2.05, 4.69) is 76.6 Å². The van der Waals surface area contributed by atoms with Crippen molar-refractivity contribution < 1.29 is 0 Å². The highest BCUT2D eigenvalue weighted by Crippen LogP contribution is 2.24. The first-order valence-electron chi connectivity index (χ1n) is 9.13. The number of anilines is 2. The molecule has 0 N–H and O–H groups in total. The van der Waals surface area contributed by atoms with Crippen LogP contribution in [-0.2, 0) is 6.42 Å². The van der Waals surface area contributed by atoms with Crippen molar-refractivity contribution in [1.82, 2.24) is 9.36 Å². The van der Waals surface area contributed by atoms with Gasteiger partial charge in [-0.3, -0.25) is 0 Å². The predicted molar refractivity (Wildman–Crippen MR) is 109 cm³/mol. The SMILES string of the molecule is Cc1ccc(Cc2nsc(N3CCN(c4ccccc4C)CC3)n2)cc1. The van der Waals surface area contributed by atoms with Gasteiger partial charge in [0.2, 0.25) is 5.13 Å². The molecule has 0 radical (unpaired) electrons. The second-order valence-corrected chi connectivity index (χ2v) is 7.65. The van der Waals surface area contributed by atoms with Crippen molar-refractivity contribution in [3.8, 4) is 0 Å². The molecule has 3 aromatic rings. The smallest absolute Gasteiger partial charge is 0.205 e. The van der Waals surface area contributed by atoms with E-state index in [1.165, 1.54) is 33.9 Å². The molecular formula is C21H24N4S. The molecule has 0 aliphatic carbocycles. The Morgan fingerprint density at radius 1 is 0.885 bits per heavy atom. The first kappa shape index (κ1) is 17.0. The minimum Gasteiger partial charge on any atom is -0.368 e. The van der Waals surface area contributed by atoms with Crippen LogP contribution in [0.3, 0.4) is 0 Å². The molecule has 0 saturated carbocycles. The molecular weight excluding hydrogens is 340 g/mol. The number of aromatic nitrogens is 2. The first-order valence-corrected chi connectivity index (χ1v) is 9.90. The number of aryl methyl sites for hydroxylation is 2. The number of rotatable bonds is 4. The average Bonchev–Trinajstić information content (AvgIpc) is 3.13. The maximum absolute atomic E-state index is 4.78. The third-order valence-corrected chi connectivity index (χ3v) is 5.76. The molecule has 2 aromatic carbocycles. The summed E-state index contributed by atoms with van der Waals surface area (Å²) in [5.41, 5.74) is 5.25. The molecule has 4 nitrogen and oxygen atoms in total. The van der Waals surface area contributed by atoms with Crippen LogP contribution in [0.4, 0.5) is 10.8 Å². The van der Waals surface area contributed by atoms with Gasteiger partial charge in [-0.05, 0) is 31.0 Å². The summed E-state index contributed by atoms with van der Waals surface area (Å²) in [6.07, 6.45) is 0.806. The number of hydrogen-bond donors (Lipinski definition) is 0. The van der Waals surface area contributed by atoms with Crippen LogP contribution >= 0.6 is 11.5 Å². The lowest BCUT2D eigenvalue weighted by Gasteiger charge is -2.36. The highest BCUT2D eigenvalue weighted by molar-refractivity contribution is 7.09. The standard InChI is InChI=1S/C21H24N4S/c1-16-7-9-18(10-8-16)15-20-22-21(26-23-20)25-13-11-24(12-14-25)19-6-4-3-5-17(19)2/h3-10H,11-15H2,1-2H3. The van der Waals surface area contributed by atoms with Crippen molar-refractivity contribution in [2.24, 2.45) is 0 Å². The van der Waals surface area contributed by atoms with Gasteiger partial charge in [0.1, 0.15) is 5.82 Å². The Bertz CT molecular complexity index is 864. The van der Waals surface area contributed by atoms with Crippen molar-refractivity contribution in [3.05, 3.63) is 71.0 Å². The summed E-state index contributed by atoms with van der Waals surface area (Å²) in [5, 5.41) is 1.05. The lowest BCUT2D eigenvalue weighted by Crippen LogP contribution is -2.46. The van der Waals surface area contributed by atoms with E-state index in [0.29, 0.717) is 0 Å². The van der Waals surface area contributed by atoms with Crippen LogP contribution in [0.5, 0.6) is 0 Å². The van der Waals surface area contributed by atoms with Crippen molar-refractivity contribution in [2.45, 2.75) is 20.3 Å². The molecule has 0 unspecified atom stereocenters. The molecule has 4 rings (SSSR count). The molecule has 0 bridgehead atoms. The fourth-order valence-corrected chi connectivity index (χ4v) is 4.13. The Kier molecular flexibility index (Phi) is 4.89. The Balaban J connectivity index is 1.38. The van der Waals surface area contributed by atoms with Crippen LogP contribution in [0.1, 0.15) is 22.5 Å². The normalized spacial score (nSPS) is 14.7. The third kappa shape index (κ3) is 3.73. The largest absolute Gasteiger partial charge is 0.368 e. The average molecular weight is 365 g/mol. The van der Waals surface area contributed by atoms with Crippen LogP contribution < -0.4 is 9.80 Å². The minimum absolute atomic E-state index is 0.806. The summed E-state index contributed by atoms with van der Waals surface area (Å²) >= 11 is 1.52. The number of benzene rings is 2. The molecule has 0 amide bonds. The van der Waals surface area contributed by atoms with Gasteiger partial charge in [-0.25, -0.2) is 4.98 Å². The maximum atomic E-state index is 4.78. The van der Waals surface area contributed by atoms with Gasteiger partial charge in [0, 0.05) is 49.8 Å². The van der Waals surface area contributed by atoms with Crippen LogP contribution in [0, 0.1) is 13.8 Å². The first-order chi connectivity index (χ1) is 12.7. The number of nitrogens with zero attached hydrogens (tertiary/aromatic N) is 4. The monoisotopic (exact) mass is 364 g/mol. The van der Waals surface area contributed by atoms with Gasteiger partial charge in [0.05, 0.1) is 0 Å². The van der Waals surface area contributed by atoms with Gasteiger partial charge in [0.25, 0.3) is 0 Å². The van der Waals surface area contributed by atoms with Crippen LogP contribution in [0.15, 0.2) is 48.5 Å². The molecule has 26 heavy (non-hydrogen) atoms. The number of piperazine rings is 1. The molecule has 0 spiro atoms. The molecule has 1 aromatic heterocycles. The van der Waals surface area contributed by atoms with E-state index in [1.807, 2.05) is 0 Å². The molecule has 1 aliphatic rings. The Labute approximate surface area is 159 Å². The van der Waals surface area contributed by atoms with Crippen LogP contribution in [0.2, 0.25) is 0 Å². The maximum Gasteiger partial charge on any atom is 0.205 e. The van der Waals surface area contributed by atoms with E-state index < -0.39 is 0 Å². The molecule has 2 heterocycles. The molecule has 1 saturated heterocycles. The Morgan fingerprint density at radius 2 is 1.58 bits per heavy atom. The van der Waals surface area contributed by atoms with Crippen molar-refractivity contribution >= 4 is 22.4 Å². The topological polar surface area (TPSA) is 32.3 Å². The summed E-state index contributed by atoms with van der Waals surface area (Å²) in [7, 11) is 0. The van der Waals surface area contributed by atoms with E-state index in [4.69, 9.17) is 4.98 Å². The van der Waals surface area contributed by atoms with Crippen molar-refractivity contribution in [3.63, 3.8) is 0 Å². The molecule has 1 aliphatic heterocycles. The highest BCUT2D eigenvalue weighted by Gasteiger charge is 2.21. The Hall–Kier alpha value is -2.40. The number of hydrogen-bond acceptors (Lipinski definition) is 5. The number of para-hydroxylation sites is 1. The van der Waals surface area contributed by atoms with E-state index in [-0.39, 0.29) is 0 Å². The van der Waals surface area contributed by atoms with Crippen molar-refractivity contribution in [2.75, 3.05) is 36.0 Å². The van der Waals surface area contributed by atoms with Crippen LogP contribution in [-0.4, -0.2) is 35.5 Å². The van der Waals surface area contributed by atoms with Gasteiger partial charge < -0.3 is 9.80 Å². The summed E-state index contributed by atoms with van der Waals surface area (Å²) in [5.74, 6) is 0.926. The lowest BCUT2D eigenvalue weighted by molar-refractivity contribution is 0.650. The zero-order valence-electron chi connectivity index (χ0n) is 15.4. The summed E-state index contributed by atoms with van der Waals surface area (Å²) < 4.78 is 4.58.